The molecule has 2 N–H and O–H groups in total. The number of benzene rings is 3. The van der Waals surface area contributed by atoms with Crippen molar-refractivity contribution in [1.29, 1.82) is 0 Å². The molecule has 190 valence electrons. The van der Waals surface area contributed by atoms with Gasteiger partial charge in [0.1, 0.15) is 11.6 Å². The fourth-order valence-corrected chi connectivity index (χ4v) is 5.98. The monoisotopic (exact) mass is 494 g/mol. The van der Waals surface area contributed by atoms with Crippen molar-refractivity contribution in [3.05, 3.63) is 77.6 Å². The maximum absolute atomic E-state index is 10.6. The van der Waals surface area contributed by atoms with Crippen LogP contribution in [0.5, 0.6) is 5.75 Å². The second-order valence-electron chi connectivity index (χ2n) is 9.93. The Morgan fingerprint density at radius 3 is 2.70 bits per heavy atom. The molecule has 2 aromatic heterocycles. The number of para-hydroxylation sites is 1. The number of aromatic nitrogens is 3. The van der Waals surface area contributed by atoms with Crippen molar-refractivity contribution in [2.75, 3.05) is 18.5 Å². The summed E-state index contributed by atoms with van der Waals surface area (Å²) in [6.07, 6.45) is 3.83. The van der Waals surface area contributed by atoms with Crippen LogP contribution in [0.1, 0.15) is 36.2 Å². The Hall–Kier alpha value is -3.77. The highest BCUT2D eigenvalue weighted by Crippen LogP contribution is 2.40. The summed E-state index contributed by atoms with van der Waals surface area (Å²) >= 11 is 0. The summed E-state index contributed by atoms with van der Waals surface area (Å²) in [5.74, 6) is 1.99. The number of aryl methyl sites for hydroxylation is 4. The van der Waals surface area contributed by atoms with Crippen LogP contribution in [0, 0.1) is 6.92 Å². The molecule has 0 radical (unpaired) electrons. The third-order valence-corrected chi connectivity index (χ3v) is 7.63. The van der Waals surface area contributed by atoms with E-state index in [0.717, 1.165) is 72.7 Å². The molecular formula is C31H34N4O2. The number of nitrogens with zero attached hydrogens (tertiary/aromatic N) is 3. The van der Waals surface area contributed by atoms with Gasteiger partial charge in [-0.05, 0) is 49.6 Å². The van der Waals surface area contributed by atoms with E-state index < -0.39 is 0 Å². The van der Waals surface area contributed by atoms with E-state index in [1.165, 1.54) is 27.4 Å². The van der Waals surface area contributed by atoms with E-state index in [9.17, 15) is 5.11 Å². The van der Waals surface area contributed by atoms with Crippen LogP contribution in [-0.2, 0) is 26.6 Å². The van der Waals surface area contributed by atoms with Gasteiger partial charge in [0.05, 0.1) is 24.4 Å². The number of aliphatic hydroxyl groups excluding tert-OH is 1. The van der Waals surface area contributed by atoms with Gasteiger partial charge in [-0.2, -0.15) is 5.10 Å². The van der Waals surface area contributed by atoms with E-state index in [1.807, 2.05) is 23.9 Å². The lowest BCUT2D eigenvalue weighted by Gasteiger charge is -2.17. The van der Waals surface area contributed by atoms with Crippen molar-refractivity contribution in [1.82, 2.24) is 14.3 Å². The molecule has 0 saturated carbocycles. The Bertz CT molecular complexity index is 1570. The minimum absolute atomic E-state index is 0.0325. The summed E-state index contributed by atoms with van der Waals surface area (Å²) in [6, 6.07) is 21.1. The van der Waals surface area contributed by atoms with Gasteiger partial charge >= 0.3 is 0 Å². The van der Waals surface area contributed by atoms with Gasteiger partial charge in [-0.25, -0.2) is 0 Å². The molecule has 0 bridgehead atoms. The van der Waals surface area contributed by atoms with Gasteiger partial charge < -0.3 is 19.7 Å². The molecule has 1 aliphatic heterocycles. The van der Waals surface area contributed by atoms with Gasteiger partial charge in [0.2, 0.25) is 0 Å². The number of nitrogens with one attached hydrogen (secondary N) is 1. The Kier molecular flexibility index (Phi) is 6.35. The molecule has 6 heteroatoms. The zero-order valence-electron chi connectivity index (χ0n) is 21.6. The highest BCUT2D eigenvalue weighted by Gasteiger charge is 2.24. The second-order valence-corrected chi connectivity index (χ2v) is 9.93. The number of fused-ring (bicyclic) bond motifs is 3. The van der Waals surface area contributed by atoms with Crippen LogP contribution < -0.4 is 10.1 Å². The second kappa shape index (κ2) is 9.94. The van der Waals surface area contributed by atoms with E-state index in [2.05, 4.69) is 65.3 Å². The molecule has 5 aromatic rings. The van der Waals surface area contributed by atoms with Crippen LogP contribution in [0.2, 0.25) is 0 Å². The molecule has 0 fully saturated rings. The van der Waals surface area contributed by atoms with Crippen LogP contribution in [0.15, 0.2) is 60.7 Å². The fourth-order valence-electron chi connectivity index (χ4n) is 5.98. The van der Waals surface area contributed by atoms with Crippen LogP contribution in [0.25, 0.3) is 32.8 Å². The number of anilines is 1. The average molecular weight is 495 g/mol. The summed E-state index contributed by atoms with van der Waals surface area (Å²) in [6.45, 7) is 4.54. The van der Waals surface area contributed by atoms with E-state index in [1.54, 1.807) is 0 Å². The standard InChI is InChI=1S/C31H34N4O2/c1-21-29-26-14-8-13-25-24(15-9-19-37-28-16-7-11-22-10-3-4-12-23(22)28)27(20-36)35(30(25)26)18-6-5-17-32-31(29)34(2)33-21/h3-4,7-8,10-14,16,32,36H,5-6,9,15,17-20H2,1-2H3. The topological polar surface area (TPSA) is 64.2 Å². The molecule has 0 aliphatic carbocycles. The molecule has 0 unspecified atom stereocenters. The summed E-state index contributed by atoms with van der Waals surface area (Å²) in [4.78, 5) is 0. The van der Waals surface area contributed by atoms with Gasteiger partial charge in [0, 0.05) is 47.7 Å². The third kappa shape index (κ3) is 4.15. The first-order valence-corrected chi connectivity index (χ1v) is 13.3. The first-order valence-electron chi connectivity index (χ1n) is 13.3. The van der Waals surface area contributed by atoms with E-state index in [4.69, 9.17) is 9.84 Å². The van der Waals surface area contributed by atoms with Crippen molar-refractivity contribution >= 4 is 27.5 Å². The van der Waals surface area contributed by atoms with Gasteiger partial charge in [-0.3, -0.25) is 4.68 Å². The lowest BCUT2D eigenvalue weighted by Crippen LogP contribution is -2.11. The SMILES string of the molecule is Cc1nn(C)c2c1-c1cccc3c(CCCOc4cccc5ccccc45)c(CO)n(c13)CCCCN2. The van der Waals surface area contributed by atoms with Crippen LogP contribution in [0.4, 0.5) is 5.82 Å². The van der Waals surface area contributed by atoms with E-state index in [-0.39, 0.29) is 6.61 Å². The van der Waals surface area contributed by atoms with Crippen LogP contribution in [-0.4, -0.2) is 32.6 Å². The molecule has 3 aromatic carbocycles. The molecule has 6 nitrogen and oxygen atoms in total. The summed E-state index contributed by atoms with van der Waals surface area (Å²) in [5.41, 5.74) is 6.82. The number of rotatable bonds is 6. The molecule has 6 rings (SSSR count). The van der Waals surface area contributed by atoms with Gasteiger partial charge in [-0.15, -0.1) is 0 Å². The van der Waals surface area contributed by atoms with Crippen molar-refractivity contribution in [2.45, 2.75) is 45.8 Å². The Balaban J connectivity index is 1.36. The highest BCUT2D eigenvalue weighted by atomic mass is 16.5. The Morgan fingerprint density at radius 2 is 1.81 bits per heavy atom. The molecule has 1 aliphatic rings. The molecular weight excluding hydrogens is 460 g/mol. The number of hydrogen-bond acceptors (Lipinski definition) is 4. The number of aliphatic hydroxyl groups is 1. The summed E-state index contributed by atoms with van der Waals surface area (Å²) in [5, 5.41) is 22.5. The maximum atomic E-state index is 10.6. The van der Waals surface area contributed by atoms with Crippen molar-refractivity contribution in [3.63, 3.8) is 0 Å². The molecule has 3 heterocycles. The minimum atomic E-state index is 0.0325. The van der Waals surface area contributed by atoms with Crippen LogP contribution >= 0.6 is 0 Å². The van der Waals surface area contributed by atoms with Crippen molar-refractivity contribution in [2.24, 2.45) is 7.05 Å². The molecule has 0 spiro atoms. The third-order valence-electron chi connectivity index (χ3n) is 7.63. The molecule has 37 heavy (non-hydrogen) atoms. The maximum Gasteiger partial charge on any atom is 0.132 e. The smallest absolute Gasteiger partial charge is 0.132 e. The lowest BCUT2D eigenvalue weighted by molar-refractivity contribution is 0.268. The average Bonchev–Trinajstić information content (AvgIpc) is 3.38. The summed E-state index contributed by atoms with van der Waals surface area (Å²) < 4.78 is 10.6. The van der Waals surface area contributed by atoms with E-state index >= 15 is 0 Å². The molecule has 0 amide bonds. The van der Waals surface area contributed by atoms with E-state index in [0.29, 0.717) is 6.61 Å². The van der Waals surface area contributed by atoms with Crippen molar-refractivity contribution < 1.29 is 9.84 Å². The first kappa shape index (κ1) is 23.6. The molecule has 0 atom stereocenters. The van der Waals surface area contributed by atoms with Crippen molar-refractivity contribution in [3.8, 4) is 16.9 Å². The number of ether oxygens (including phenoxy) is 1. The van der Waals surface area contributed by atoms with Gasteiger partial charge in [0.25, 0.3) is 0 Å². The lowest BCUT2D eigenvalue weighted by atomic mass is 9.99. The summed E-state index contributed by atoms with van der Waals surface area (Å²) in [7, 11) is 2.00. The fraction of sp³-hybridized carbons (Fsp3) is 0.323. The number of hydrogen-bond donors (Lipinski definition) is 2. The van der Waals surface area contributed by atoms with Gasteiger partial charge in [0.15, 0.2) is 0 Å². The quantitative estimate of drug-likeness (QED) is 0.275. The Labute approximate surface area is 217 Å². The zero-order chi connectivity index (χ0) is 25.4. The highest BCUT2D eigenvalue weighted by molar-refractivity contribution is 6.00. The largest absolute Gasteiger partial charge is 0.493 e. The predicted octanol–water partition coefficient (Wildman–Crippen LogP) is 6.21. The predicted molar refractivity (Wildman–Crippen MR) is 150 cm³/mol. The molecule has 0 saturated heterocycles. The normalized spacial score (nSPS) is 13.5. The Morgan fingerprint density at radius 1 is 1.00 bits per heavy atom. The first-order chi connectivity index (χ1) is 18.2. The van der Waals surface area contributed by atoms with Gasteiger partial charge in [-0.1, -0.05) is 54.6 Å². The van der Waals surface area contributed by atoms with Crippen LogP contribution in [0.3, 0.4) is 0 Å². The zero-order valence-corrected chi connectivity index (χ0v) is 21.6. The minimum Gasteiger partial charge on any atom is -0.493 e.